The first kappa shape index (κ1) is 25.6. The Bertz CT molecular complexity index is 1240. The largest absolute Gasteiger partial charge is 0.416 e. The lowest BCUT2D eigenvalue weighted by atomic mass is 9.93. The van der Waals surface area contributed by atoms with Gasteiger partial charge in [-0.05, 0) is 70.1 Å². The average molecular weight is 515 g/mol. The molecule has 0 atom stereocenters. The van der Waals surface area contributed by atoms with E-state index >= 15 is 0 Å². The fourth-order valence-electron chi connectivity index (χ4n) is 5.25. The number of hydrogen-bond donors (Lipinski definition) is 1. The molecule has 10 heteroatoms. The Morgan fingerprint density at radius 1 is 0.946 bits per heavy atom. The third-order valence-electron chi connectivity index (χ3n) is 7.40. The van der Waals surface area contributed by atoms with Crippen molar-refractivity contribution in [3.8, 4) is 0 Å². The van der Waals surface area contributed by atoms with Gasteiger partial charge in [-0.25, -0.2) is 19.9 Å². The maximum Gasteiger partial charge on any atom is 0.416 e. The molecule has 37 heavy (non-hydrogen) atoms. The summed E-state index contributed by atoms with van der Waals surface area (Å²) in [5, 5.41) is 3.62. The monoisotopic (exact) mass is 514 g/mol. The Morgan fingerprint density at radius 2 is 1.70 bits per heavy atom. The van der Waals surface area contributed by atoms with Crippen molar-refractivity contribution in [2.45, 2.75) is 76.6 Å². The van der Waals surface area contributed by atoms with Crippen molar-refractivity contribution in [1.82, 2.24) is 19.9 Å². The summed E-state index contributed by atoms with van der Waals surface area (Å²) in [4.78, 5) is 21.0. The number of rotatable bonds is 7. The summed E-state index contributed by atoms with van der Waals surface area (Å²) in [6, 6.07) is 5.87. The van der Waals surface area contributed by atoms with Gasteiger partial charge < -0.3 is 15.0 Å². The molecule has 0 radical (unpaired) electrons. The highest BCUT2D eigenvalue weighted by Crippen LogP contribution is 2.31. The molecule has 1 aromatic carbocycles. The minimum atomic E-state index is -4.42. The third-order valence-corrected chi connectivity index (χ3v) is 7.40. The number of fused-ring (bicyclic) bond motifs is 1. The van der Waals surface area contributed by atoms with Gasteiger partial charge >= 0.3 is 6.18 Å². The molecule has 0 unspecified atom stereocenters. The maximum atomic E-state index is 13.2. The van der Waals surface area contributed by atoms with Crippen LogP contribution in [0, 0.1) is 6.92 Å². The zero-order valence-electron chi connectivity index (χ0n) is 21.3. The zero-order chi connectivity index (χ0) is 26.0. The van der Waals surface area contributed by atoms with E-state index in [1.807, 2.05) is 13.0 Å². The van der Waals surface area contributed by atoms with Crippen molar-refractivity contribution in [3.63, 3.8) is 0 Å². The minimum Gasteiger partial charge on any atom is -0.381 e. The Balaban J connectivity index is 1.36. The van der Waals surface area contributed by atoms with Crippen molar-refractivity contribution in [2.24, 2.45) is 0 Å². The molecule has 0 spiro atoms. The van der Waals surface area contributed by atoms with E-state index in [0.717, 1.165) is 75.4 Å². The molecular weight excluding hydrogens is 481 g/mol. The van der Waals surface area contributed by atoms with Gasteiger partial charge in [0.15, 0.2) is 0 Å². The van der Waals surface area contributed by atoms with E-state index in [0.29, 0.717) is 47.7 Å². The first-order valence-electron chi connectivity index (χ1n) is 13.0. The van der Waals surface area contributed by atoms with Crippen LogP contribution in [0.4, 0.5) is 24.8 Å². The van der Waals surface area contributed by atoms with Crippen LogP contribution < -0.4 is 10.2 Å². The summed E-state index contributed by atoms with van der Waals surface area (Å²) in [5.74, 6) is 2.44. The first-order chi connectivity index (χ1) is 17.8. The van der Waals surface area contributed by atoms with Crippen molar-refractivity contribution < 1.29 is 17.9 Å². The molecule has 2 fully saturated rings. The van der Waals surface area contributed by atoms with Crippen molar-refractivity contribution in [1.29, 1.82) is 0 Å². The van der Waals surface area contributed by atoms with Gasteiger partial charge in [-0.15, -0.1) is 0 Å². The number of aryl methyl sites for hydroxylation is 3. The Hall–Kier alpha value is -3.01. The van der Waals surface area contributed by atoms with Gasteiger partial charge in [0.05, 0.1) is 34.1 Å². The Labute approximate surface area is 214 Å². The number of methoxy groups -OCH3 is 1. The van der Waals surface area contributed by atoms with Crippen LogP contribution in [0.15, 0.2) is 24.3 Å². The summed E-state index contributed by atoms with van der Waals surface area (Å²) in [7, 11) is 1.77. The highest BCUT2D eigenvalue weighted by Gasteiger charge is 2.31. The summed E-state index contributed by atoms with van der Waals surface area (Å²) >= 11 is 0. The van der Waals surface area contributed by atoms with Gasteiger partial charge in [0.1, 0.15) is 17.5 Å². The highest BCUT2D eigenvalue weighted by molar-refractivity contribution is 5.75. The number of nitrogens with one attached hydrogen (secondary N) is 1. The molecule has 0 amide bonds. The second kappa shape index (κ2) is 10.8. The molecule has 1 aliphatic carbocycles. The second-order valence-electron chi connectivity index (χ2n) is 10.0. The predicted molar refractivity (Wildman–Crippen MR) is 137 cm³/mol. The van der Waals surface area contributed by atoms with E-state index in [-0.39, 0.29) is 5.52 Å². The lowest BCUT2D eigenvalue weighted by Crippen LogP contribution is -2.30. The third kappa shape index (κ3) is 6.11. The maximum absolute atomic E-state index is 13.2. The van der Waals surface area contributed by atoms with Crippen LogP contribution in [-0.2, 0) is 23.8 Å². The van der Waals surface area contributed by atoms with Crippen LogP contribution in [0.1, 0.15) is 61.3 Å². The van der Waals surface area contributed by atoms with Crippen LogP contribution in [0.3, 0.4) is 0 Å². The van der Waals surface area contributed by atoms with Crippen LogP contribution >= 0.6 is 0 Å². The number of ether oxygens (including phenoxy) is 1. The molecule has 3 heterocycles. The van der Waals surface area contributed by atoms with E-state index in [9.17, 15) is 13.2 Å². The van der Waals surface area contributed by atoms with E-state index in [1.54, 1.807) is 7.11 Å². The SMILES string of the molecule is COC1CCC(Nc2cc(N3CCCC3)nc(CCc3nc4cc(C(F)(F)F)ccc4nc3C)n2)CC1. The molecule has 7 nitrogen and oxygen atoms in total. The van der Waals surface area contributed by atoms with Gasteiger partial charge in [0.2, 0.25) is 0 Å². The fourth-order valence-corrected chi connectivity index (χ4v) is 5.25. The molecule has 2 aromatic heterocycles. The molecule has 3 aromatic rings. The number of benzene rings is 1. The topological polar surface area (TPSA) is 76.1 Å². The molecule has 1 saturated carbocycles. The molecule has 1 N–H and O–H groups in total. The van der Waals surface area contributed by atoms with Crippen LogP contribution in [0.2, 0.25) is 0 Å². The lowest BCUT2D eigenvalue weighted by Gasteiger charge is -2.29. The number of alkyl halides is 3. The van der Waals surface area contributed by atoms with Gasteiger partial charge in [-0.3, -0.25) is 0 Å². The van der Waals surface area contributed by atoms with Gasteiger partial charge in [0, 0.05) is 38.7 Å². The molecule has 5 rings (SSSR count). The molecular formula is C27H33F3N6O. The predicted octanol–water partition coefficient (Wildman–Crippen LogP) is 5.50. The van der Waals surface area contributed by atoms with Crippen molar-refractivity contribution in [2.75, 3.05) is 30.4 Å². The number of aromatic nitrogens is 4. The van der Waals surface area contributed by atoms with E-state index in [2.05, 4.69) is 20.2 Å². The number of anilines is 2. The molecule has 198 valence electrons. The quantitative estimate of drug-likeness (QED) is 0.446. The van der Waals surface area contributed by atoms with E-state index in [4.69, 9.17) is 14.7 Å². The standard InChI is InChI=1S/C27H33F3N6O/c1-17-21(33-23-15-18(27(28,29)30)5-10-22(23)31-17)11-12-24-34-25(16-26(35-24)36-13-3-4-14-36)32-19-6-8-20(37-2)9-7-19/h5,10,15-16,19-20H,3-4,6-9,11-14H2,1-2H3,(H,32,34,35). The van der Waals surface area contributed by atoms with E-state index < -0.39 is 11.7 Å². The smallest absolute Gasteiger partial charge is 0.381 e. The zero-order valence-corrected chi connectivity index (χ0v) is 21.3. The average Bonchev–Trinajstić information content (AvgIpc) is 3.42. The summed E-state index contributed by atoms with van der Waals surface area (Å²) in [6.45, 7) is 3.79. The molecule has 2 aliphatic rings. The number of hydrogen-bond acceptors (Lipinski definition) is 7. The fraction of sp³-hybridized carbons (Fsp3) is 0.556. The normalized spacial score (nSPS) is 20.5. The number of nitrogens with zero attached hydrogens (tertiary/aromatic N) is 5. The lowest BCUT2D eigenvalue weighted by molar-refractivity contribution is -0.137. The summed E-state index contributed by atoms with van der Waals surface area (Å²) in [5.41, 5.74) is 1.35. The van der Waals surface area contributed by atoms with Crippen LogP contribution in [0.25, 0.3) is 11.0 Å². The highest BCUT2D eigenvalue weighted by atomic mass is 19.4. The molecule has 1 aliphatic heterocycles. The summed E-state index contributed by atoms with van der Waals surface area (Å²) < 4.78 is 45.1. The van der Waals surface area contributed by atoms with Gasteiger partial charge in [-0.1, -0.05) is 0 Å². The molecule has 1 saturated heterocycles. The van der Waals surface area contributed by atoms with Crippen molar-refractivity contribution in [3.05, 3.63) is 47.0 Å². The Morgan fingerprint density at radius 3 is 2.41 bits per heavy atom. The van der Waals surface area contributed by atoms with Crippen LogP contribution in [0.5, 0.6) is 0 Å². The number of halogens is 3. The first-order valence-corrected chi connectivity index (χ1v) is 13.0. The minimum absolute atomic E-state index is 0.246. The van der Waals surface area contributed by atoms with Gasteiger partial charge in [0.25, 0.3) is 0 Å². The second-order valence-corrected chi connectivity index (χ2v) is 10.0. The van der Waals surface area contributed by atoms with Crippen LogP contribution in [-0.4, -0.2) is 52.3 Å². The van der Waals surface area contributed by atoms with Gasteiger partial charge in [-0.2, -0.15) is 13.2 Å². The molecule has 0 bridgehead atoms. The van der Waals surface area contributed by atoms with E-state index in [1.165, 1.54) is 6.07 Å². The van der Waals surface area contributed by atoms with Crippen molar-refractivity contribution >= 4 is 22.7 Å². The summed E-state index contributed by atoms with van der Waals surface area (Å²) in [6.07, 6.45) is 3.34. The Kier molecular flexibility index (Phi) is 7.46.